The molecule has 0 saturated carbocycles. The summed E-state index contributed by atoms with van der Waals surface area (Å²) in [6.45, 7) is 0.846. The molecule has 1 amide bonds. The summed E-state index contributed by atoms with van der Waals surface area (Å²) in [4.78, 5) is 24.9. The van der Waals surface area contributed by atoms with Crippen molar-refractivity contribution in [1.82, 2.24) is 4.90 Å². The molecular weight excluding hydrogens is 330 g/mol. The number of fused-ring (bicyclic) bond motifs is 1. The van der Waals surface area contributed by atoms with Crippen LogP contribution in [0.15, 0.2) is 16.6 Å². The first-order chi connectivity index (χ1) is 9.56. The zero-order chi connectivity index (χ0) is 14.3. The average molecular weight is 342 g/mol. The van der Waals surface area contributed by atoms with E-state index in [9.17, 15) is 9.59 Å². The Morgan fingerprint density at radius 2 is 2.15 bits per heavy atom. The van der Waals surface area contributed by atoms with Crippen molar-refractivity contribution in [2.75, 3.05) is 19.9 Å². The molecule has 20 heavy (non-hydrogen) atoms. The van der Waals surface area contributed by atoms with Gasteiger partial charge in [0, 0.05) is 18.7 Å². The second-order valence-corrected chi connectivity index (χ2v) is 5.62. The zero-order valence-corrected chi connectivity index (χ0v) is 12.1. The van der Waals surface area contributed by atoms with E-state index in [0.29, 0.717) is 34.5 Å². The van der Waals surface area contributed by atoms with Crippen LogP contribution in [0.3, 0.4) is 0 Å². The van der Waals surface area contributed by atoms with Crippen molar-refractivity contribution in [3.63, 3.8) is 0 Å². The lowest BCUT2D eigenvalue weighted by molar-refractivity contribution is -0.141. The second-order valence-electron chi connectivity index (χ2n) is 4.77. The van der Waals surface area contributed by atoms with Gasteiger partial charge < -0.3 is 19.5 Å². The maximum atomic E-state index is 12.4. The van der Waals surface area contributed by atoms with Crippen LogP contribution in [-0.4, -0.2) is 41.8 Å². The molecule has 0 unspecified atom stereocenters. The van der Waals surface area contributed by atoms with Crippen molar-refractivity contribution in [3.8, 4) is 11.5 Å². The fraction of sp³-hybridized carbons (Fsp3) is 0.385. The number of rotatable bonds is 2. The van der Waals surface area contributed by atoms with Gasteiger partial charge in [0.2, 0.25) is 6.79 Å². The average Bonchev–Trinajstić information content (AvgIpc) is 3.06. The summed E-state index contributed by atoms with van der Waals surface area (Å²) >= 11 is 3.34. The lowest BCUT2D eigenvalue weighted by atomic mass is 10.1. The third-order valence-corrected chi connectivity index (χ3v) is 4.09. The van der Waals surface area contributed by atoms with Crippen molar-refractivity contribution in [1.29, 1.82) is 0 Å². The number of carbonyl (C=O) groups is 2. The highest BCUT2D eigenvalue weighted by atomic mass is 79.9. The fourth-order valence-corrected chi connectivity index (χ4v) is 2.98. The number of halogens is 1. The van der Waals surface area contributed by atoms with Gasteiger partial charge in [-0.25, -0.2) is 0 Å². The van der Waals surface area contributed by atoms with Gasteiger partial charge in [-0.1, -0.05) is 0 Å². The van der Waals surface area contributed by atoms with Crippen LogP contribution in [0.1, 0.15) is 16.8 Å². The Balaban J connectivity index is 1.82. The number of carboxylic acid groups (broad SMARTS) is 1. The van der Waals surface area contributed by atoms with E-state index >= 15 is 0 Å². The van der Waals surface area contributed by atoms with Crippen LogP contribution in [0.2, 0.25) is 0 Å². The molecule has 0 aliphatic carbocycles. The lowest BCUT2D eigenvalue weighted by Crippen LogP contribution is -2.29. The Morgan fingerprint density at radius 1 is 1.35 bits per heavy atom. The second kappa shape index (κ2) is 4.97. The van der Waals surface area contributed by atoms with Crippen molar-refractivity contribution >= 4 is 27.8 Å². The molecule has 106 valence electrons. The summed E-state index contributed by atoms with van der Waals surface area (Å²) in [5, 5.41) is 8.97. The molecule has 1 saturated heterocycles. The van der Waals surface area contributed by atoms with E-state index in [1.165, 1.54) is 0 Å². The third kappa shape index (κ3) is 2.22. The van der Waals surface area contributed by atoms with Crippen LogP contribution in [0.4, 0.5) is 0 Å². The summed E-state index contributed by atoms with van der Waals surface area (Å²) in [6.07, 6.45) is 0.493. The quantitative estimate of drug-likeness (QED) is 0.886. The zero-order valence-electron chi connectivity index (χ0n) is 10.5. The first-order valence-electron chi connectivity index (χ1n) is 6.17. The highest BCUT2D eigenvalue weighted by molar-refractivity contribution is 9.10. The predicted octanol–water partition coefficient (Wildman–Crippen LogP) is 1.72. The minimum absolute atomic E-state index is 0.135. The fourth-order valence-electron chi connectivity index (χ4n) is 2.42. The molecule has 0 aromatic heterocycles. The molecule has 1 fully saturated rings. The molecule has 0 spiro atoms. The van der Waals surface area contributed by atoms with E-state index in [1.54, 1.807) is 17.0 Å². The van der Waals surface area contributed by atoms with E-state index in [2.05, 4.69) is 15.9 Å². The Kier molecular flexibility index (Phi) is 3.29. The number of carboxylic acids is 1. The van der Waals surface area contributed by atoms with Crippen LogP contribution in [-0.2, 0) is 4.79 Å². The summed E-state index contributed by atoms with van der Waals surface area (Å²) < 4.78 is 11.2. The minimum Gasteiger partial charge on any atom is -0.481 e. The number of ether oxygens (including phenoxy) is 2. The van der Waals surface area contributed by atoms with Crippen LogP contribution >= 0.6 is 15.9 Å². The van der Waals surface area contributed by atoms with E-state index in [-0.39, 0.29) is 19.2 Å². The van der Waals surface area contributed by atoms with Gasteiger partial charge in [-0.3, -0.25) is 9.59 Å². The first kappa shape index (κ1) is 13.2. The Labute approximate surface area is 123 Å². The normalized spacial score (nSPS) is 20.2. The molecule has 1 aromatic carbocycles. The molecule has 0 bridgehead atoms. The largest absolute Gasteiger partial charge is 0.481 e. The van der Waals surface area contributed by atoms with Gasteiger partial charge in [0.15, 0.2) is 11.5 Å². The Bertz CT molecular complexity index is 588. The van der Waals surface area contributed by atoms with Crippen molar-refractivity contribution in [2.45, 2.75) is 6.42 Å². The summed E-state index contributed by atoms with van der Waals surface area (Å²) in [7, 11) is 0. The van der Waals surface area contributed by atoms with Gasteiger partial charge in [-0.15, -0.1) is 0 Å². The lowest BCUT2D eigenvalue weighted by Gasteiger charge is -2.16. The SMILES string of the molecule is O=C(O)[C@@H]1CCN(C(=O)c2cc(Br)c3c(c2)OCO3)C1. The summed E-state index contributed by atoms with van der Waals surface area (Å²) in [5.74, 6) is -0.403. The molecule has 1 aromatic rings. The van der Waals surface area contributed by atoms with Gasteiger partial charge in [-0.05, 0) is 34.5 Å². The number of nitrogens with zero attached hydrogens (tertiary/aromatic N) is 1. The number of amides is 1. The molecule has 2 heterocycles. The van der Waals surface area contributed by atoms with Gasteiger partial charge in [0.1, 0.15) is 0 Å². The number of hydrogen-bond acceptors (Lipinski definition) is 4. The van der Waals surface area contributed by atoms with Gasteiger partial charge in [0.25, 0.3) is 5.91 Å². The minimum atomic E-state index is -0.854. The number of hydrogen-bond donors (Lipinski definition) is 1. The molecule has 1 N–H and O–H groups in total. The first-order valence-corrected chi connectivity index (χ1v) is 6.97. The van der Waals surface area contributed by atoms with E-state index < -0.39 is 11.9 Å². The van der Waals surface area contributed by atoms with Crippen LogP contribution in [0, 0.1) is 5.92 Å². The molecule has 6 nitrogen and oxygen atoms in total. The molecule has 2 aliphatic rings. The summed E-state index contributed by atoms with van der Waals surface area (Å²) in [5.41, 5.74) is 0.465. The van der Waals surface area contributed by atoms with Crippen LogP contribution in [0.5, 0.6) is 11.5 Å². The van der Waals surface area contributed by atoms with E-state index in [0.717, 1.165) is 0 Å². The van der Waals surface area contributed by atoms with Crippen molar-refractivity contribution in [3.05, 3.63) is 22.2 Å². The van der Waals surface area contributed by atoms with E-state index in [4.69, 9.17) is 14.6 Å². The standard InChI is InChI=1S/C13H12BrNO5/c14-9-3-8(4-10-11(9)20-6-19-10)12(16)15-2-1-7(5-15)13(17)18/h3-4,7H,1-2,5-6H2,(H,17,18)/t7-/m1/s1. The highest BCUT2D eigenvalue weighted by Gasteiger charge is 2.32. The van der Waals surface area contributed by atoms with Crippen LogP contribution in [0.25, 0.3) is 0 Å². The van der Waals surface area contributed by atoms with Crippen molar-refractivity contribution < 1.29 is 24.2 Å². The third-order valence-electron chi connectivity index (χ3n) is 3.50. The monoisotopic (exact) mass is 341 g/mol. The van der Waals surface area contributed by atoms with E-state index in [1.807, 2.05) is 0 Å². The Hall–Kier alpha value is -1.76. The number of likely N-dealkylation sites (tertiary alicyclic amines) is 1. The maximum Gasteiger partial charge on any atom is 0.308 e. The van der Waals surface area contributed by atoms with Gasteiger partial charge >= 0.3 is 5.97 Å². The number of benzene rings is 1. The number of carbonyl (C=O) groups excluding carboxylic acids is 1. The summed E-state index contributed by atoms with van der Waals surface area (Å²) in [6, 6.07) is 3.30. The number of aliphatic carboxylic acids is 1. The van der Waals surface area contributed by atoms with Crippen molar-refractivity contribution in [2.24, 2.45) is 5.92 Å². The topological polar surface area (TPSA) is 76.1 Å². The van der Waals surface area contributed by atoms with Gasteiger partial charge in [0.05, 0.1) is 10.4 Å². The van der Waals surface area contributed by atoms with Gasteiger partial charge in [-0.2, -0.15) is 0 Å². The maximum absolute atomic E-state index is 12.4. The molecule has 2 aliphatic heterocycles. The molecular formula is C13H12BrNO5. The molecule has 1 atom stereocenters. The van der Waals surface area contributed by atoms with Crippen LogP contribution < -0.4 is 9.47 Å². The molecule has 0 radical (unpaired) electrons. The molecule has 7 heteroatoms. The smallest absolute Gasteiger partial charge is 0.308 e. The predicted molar refractivity (Wildman–Crippen MR) is 71.9 cm³/mol. The highest BCUT2D eigenvalue weighted by Crippen LogP contribution is 2.40. The molecule has 3 rings (SSSR count). The Morgan fingerprint density at radius 3 is 2.85 bits per heavy atom.